The molecular weight excluding hydrogens is 597 g/mol. The van der Waals surface area contributed by atoms with E-state index in [9.17, 15) is 0 Å². The quantitative estimate of drug-likeness (QED) is 0.183. The molecule has 2 heterocycles. The number of aryl methyl sites for hydroxylation is 1. The monoisotopic (exact) mass is 636 g/mol. The van der Waals surface area contributed by atoms with E-state index in [0.29, 0.717) is 23.5 Å². The molecule has 240 valence electrons. The van der Waals surface area contributed by atoms with Gasteiger partial charge in [0.25, 0.3) is 0 Å². The Labute approximate surface area is 288 Å². The van der Waals surface area contributed by atoms with Crippen molar-refractivity contribution in [1.29, 1.82) is 0 Å². The minimum atomic E-state index is 0.0582. The van der Waals surface area contributed by atoms with E-state index in [0.717, 1.165) is 52.8 Å². The summed E-state index contributed by atoms with van der Waals surface area (Å²) in [5, 5.41) is 0. The van der Waals surface area contributed by atoms with Crippen molar-refractivity contribution in [3.63, 3.8) is 0 Å². The van der Waals surface area contributed by atoms with Gasteiger partial charge in [0.15, 0.2) is 17.5 Å². The van der Waals surface area contributed by atoms with Gasteiger partial charge in [0, 0.05) is 40.1 Å². The molecule has 1 spiro atoms. The first-order valence-corrected chi connectivity index (χ1v) is 18.3. The summed E-state index contributed by atoms with van der Waals surface area (Å²) in [6.45, 7) is 2.27. The van der Waals surface area contributed by atoms with Gasteiger partial charge in [0.1, 0.15) is 0 Å². The normalized spacial score (nSPS) is 24.3. The molecule has 4 heteroatoms. The molecule has 4 saturated carbocycles. The standard InChI is InChI=1S/C45H40N4/c1-2-10-33-25-38-39-27-46-18-17-40(39)45(35-20-28-19-29(22-35)23-36(45)21-28)41(38)26-37(33)44-48-42(31-13-7-4-8-14-31)47-43(49-44)34-16-9-15-32(24-34)30-11-5-3-6-12-30/h3-9,11-18,24-29,35-36H,2,10,19-23H2,1H3. The lowest BCUT2D eigenvalue weighted by atomic mass is 9.43. The van der Waals surface area contributed by atoms with Crippen LogP contribution in [0.15, 0.2) is 116 Å². The number of rotatable bonds is 6. The Balaban J connectivity index is 1.19. The Bertz CT molecular complexity index is 2180. The molecule has 5 aliphatic carbocycles. The maximum atomic E-state index is 5.34. The van der Waals surface area contributed by atoms with Crippen LogP contribution in [0.25, 0.3) is 56.4 Å². The summed E-state index contributed by atoms with van der Waals surface area (Å²) in [5.74, 6) is 5.36. The van der Waals surface area contributed by atoms with E-state index < -0.39 is 0 Å². The third-order valence-electron chi connectivity index (χ3n) is 12.3. The van der Waals surface area contributed by atoms with E-state index >= 15 is 0 Å². The van der Waals surface area contributed by atoms with Gasteiger partial charge in [-0.15, -0.1) is 0 Å². The Kier molecular flexibility index (Phi) is 6.69. The number of nitrogens with zero attached hydrogens (tertiary/aromatic N) is 4. The van der Waals surface area contributed by atoms with E-state index in [-0.39, 0.29) is 5.41 Å². The first kappa shape index (κ1) is 29.0. The van der Waals surface area contributed by atoms with Crippen molar-refractivity contribution in [2.24, 2.45) is 23.7 Å². The maximum Gasteiger partial charge on any atom is 0.164 e. The number of fused-ring (bicyclic) bond motifs is 3. The predicted molar refractivity (Wildman–Crippen MR) is 197 cm³/mol. The van der Waals surface area contributed by atoms with Crippen LogP contribution >= 0.6 is 0 Å². The fourth-order valence-electron chi connectivity index (χ4n) is 10.6. The third-order valence-corrected chi connectivity index (χ3v) is 12.3. The van der Waals surface area contributed by atoms with Crippen molar-refractivity contribution in [3.05, 3.63) is 132 Å². The second-order valence-electron chi connectivity index (χ2n) is 15.0. The van der Waals surface area contributed by atoms with Crippen molar-refractivity contribution in [2.75, 3.05) is 0 Å². The van der Waals surface area contributed by atoms with Gasteiger partial charge < -0.3 is 0 Å². The summed E-state index contributed by atoms with van der Waals surface area (Å²) in [6, 6.07) is 36.9. The zero-order valence-electron chi connectivity index (χ0n) is 28.0. The second-order valence-corrected chi connectivity index (χ2v) is 15.0. The fourth-order valence-corrected chi connectivity index (χ4v) is 10.6. The van der Waals surface area contributed by atoms with Crippen molar-refractivity contribution in [3.8, 4) is 56.4 Å². The summed E-state index contributed by atoms with van der Waals surface area (Å²) in [7, 11) is 0. The highest BCUT2D eigenvalue weighted by Crippen LogP contribution is 2.69. The SMILES string of the molecule is CCCc1cc2c(cc1-c1nc(-c3ccccc3)nc(-c3cccc(-c4ccccc4)c3)n1)C1(c3ccncc3-2)C2CC3CC(C2)CC1C3. The number of benzene rings is 4. The smallest absolute Gasteiger partial charge is 0.164 e. The van der Waals surface area contributed by atoms with Gasteiger partial charge in [-0.2, -0.15) is 0 Å². The molecule has 0 atom stereocenters. The van der Waals surface area contributed by atoms with Crippen LogP contribution in [0.2, 0.25) is 0 Å². The molecule has 11 rings (SSSR count). The highest BCUT2D eigenvalue weighted by atomic mass is 15.0. The van der Waals surface area contributed by atoms with Gasteiger partial charge in [-0.05, 0) is 114 Å². The first-order chi connectivity index (χ1) is 24.2. The molecule has 4 fully saturated rings. The topological polar surface area (TPSA) is 51.6 Å². The summed E-state index contributed by atoms with van der Waals surface area (Å²) >= 11 is 0. The van der Waals surface area contributed by atoms with Crippen LogP contribution < -0.4 is 0 Å². The highest BCUT2D eigenvalue weighted by Gasteiger charge is 2.61. The van der Waals surface area contributed by atoms with E-state index in [2.05, 4.69) is 110 Å². The number of hydrogen-bond donors (Lipinski definition) is 0. The Morgan fingerprint density at radius 3 is 1.90 bits per heavy atom. The molecule has 6 aromatic rings. The molecule has 0 radical (unpaired) electrons. The maximum absolute atomic E-state index is 5.34. The van der Waals surface area contributed by atoms with Crippen molar-refractivity contribution < 1.29 is 0 Å². The zero-order valence-corrected chi connectivity index (χ0v) is 28.0. The summed E-state index contributed by atoms with van der Waals surface area (Å²) in [4.78, 5) is 20.5. The molecular formula is C45H40N4. The Morgan fingerprint density at radius 1 is 0.551 bits per heavy atom. The van der Waals surface area contributed by atoms with Gasteiger partial charge in [0.05, 0.1) is 0 Å². The zero-order chi connectivity index (χ0) is 32.5. The Hall–Kier alpha value is -4.96. The van der Waals surface area contributed by atoms with Gasteiger partial charge in [-0.3, -0.25) is 4.98 Å². The Morgan fingerprint density at radius 2 is 1.18 bits per heavy atom. The molecule has 5 aliphatic rings. The molecule has 2 aromatic heterocycles. The molecule has 0 aliphatic heterocycles. The first-order valence-electron chi connectivity index (χ1n) is 18.3. The van der Waals surface area contributed by atoms with Crippen LogP contribution in [-0.4, -0.2) is 19.9 Å². The van der Waals surface area contributed by atoms with Crippen LogP contribution in [0.4, 0.5) is 0 Å². The summed E-state index contributed by atoms with van der Waals surface area (Å²) < 4.78 is 0. The molecule has 0 saturated heterocycles. The minimum Gasteiger partial charge on any atom is -0.264 e. The van der Waals surface area contributed by atoms with Gasteiger partial charge in [0.2, 0.25) is 0 Å². The average Bonchev–Trinajstić information content (AvgIpc) is 3.43. The minimum absolute atomic E-state index is 0.0582. The molecule has 0 N–H and O–H groups in total. The van der Waals surface area contributed by atoms with E-state index in [1.165, 1.54) is 65.5 Å². The molecule has 4 bridgehead atoms. The highest BCUT2D eigenvalue weighted by molar-refractivity contribution is 5.85. The lowest BCUT2D eigenvalue weighted by Crippen LogP contribution is -2.55. The molecule has 4 aromatic carbocycles. The van der Waals surface area contributed by atoms with Gasteiger partial charge in [-0.25, -0.2) is 15.0 Å². The summed E-state index contributed by atoms with van der Waals surface area (Å²) in [5.41, 5.74) is 12.7. The number of pyridine rings is 1. The fraction of sp³-hybridized carbons (Fsp3) is 0.289. The molecule has 49 heavy (non-hydrogen) atoms. The van der Waals surface area contributed by atoms with E-state index in [1.54, 1.807) is 0 Å². The molecule has 0 unspecified atom stereocenters. The van der Waals surface area contributed by atoms with Crippen molar-refractivity contribution in [2.45, 2.75) is 57.3 Å². The third kappa shape index (κ3) is 4.49. The van der Waals surface area contributed by atoms with E-state index in [4.69, 9.17) is 19.9 Å². The number of aromatic nitrogens is 4. The van der Waals surface area contributed by atoms with Crippen LogP contribution in [0.3, 0.4) is 0 Å². The number of hydrogen-bond acceptors (Lipinski definition) is 4. The van der Waals surface area contributed by atoms with Crippen molar-refractivity contribution in [1.82, 2.24) is 19.9 Å². The predicted octanol–water partition coefficient (Wildman–Crippen LogP) is 10.6. The van der Waals surface area contributed by atoms with Crippen LogP contribution in [-0.2, 0) is 11.8 Å². The summed E-state index contributed by atoms with van der Waals surface area (Å²) in [6.07, 6.45) is 13.1. The average molecular weight is 637 g/mol. The van der Waals surface area contributed by atoms with Gasteiger partial charge in [-0.1, -0.05) is 98.3 Å². The van der Waals surface area contributed by atoms with Gasteiger partial charge >= 0.3 is 0 Å². The van der Waals surface area contributed by atoms with Crippen LogP contribution in [0, 0.1) is 23.7 Å². The van der Waals surface area contributed by atoms with Crippen LogP contribution in [0.1, 0.15) is 62.1 Å². The second kappa shape index (κ2) is 11.3. The lowest BCUT2D eigenvalue weighted by molar-refractivity contribution is -0.0399. The van der Waals surface area contributed by atoms with E-state index in [1.807, 2.05) is 12.3 Å². The largest absolute Gasteiger partial charge is 0.264 e. The lowest BCUT2D eigenvalue weighted by Gasteiger charge is -2.61. The van der Waals surface area contributed by atoms with Crippen molar-refractivity contribution >= 4 is 0 Å². The molecule has 0 amide bonds. The van der Waals surface area contributed by atoms with Crippen LogP contribution in [0.5, 0.6) is 0 Å². The molecule has 4 nitrogen and oxygen atoms in total.